The first-order valence-electron chi connectivity index (χ1n) is 28.6. The summed E-state index contributed by atoms with van der Waals surface area (Å²) in [4.78, 5) is 29.3. The third kappa shape index (κ3) is 24.3. The smallest absolute Gasteiger partial charge is 0.310 e. The second-order valence-electron chi connectivity index (χ2n) is 22.0. The van der Waals surface area contributed by atoms with E-state index >= 15 is 0 Å². The number of nitrogens with zero attached hydrogens (tertiary/aromatic N) is 1. The van der Waals surface area contributed by atoms with Crippen LogP contribution >= 0.6 is 0 Å². The van der Waals surface area contributed by atoms with Gasteiger partial charge in [0.25, 0.3) is 0 Å². The lowest BCUT2D eigenvalue weighted by Crippen LogP contribution is -2.38. The molecule has 0 radical (unpaired) electrons. The van der Waals surface area contributed by atoms with Gasteiger partial charge in [-0.3, -0.25) is 9.59 Å². The molecule has 7 unspecified atom stereocenters. The largest absolute Gasteiger partial charge is 0.462 e. The Hall–Kier alpha value is -1.36. The molecule has 8 atom stereocenters. The van der Waals surface area contributed by atoms with E-state index in [4.69, 9.17) is 9.47 Å². The summed E-state index contributed by atoms with van der Waals surface area (Å²) in [5.74, 6) is 4.55. The van der Waals surface area contributed by atoms with Gasteiger partial charge in [0.2, 0.25) is 0 Å². The first-order chi connectivity index (χ1) is 30.9. The van der Waals surface area contributed by atoms with Crippen molar-refractivity contribution in [3.8, 4) is 0 Å². The Morgan fingerprint density at radius 1 is 0.571 bits per heavy atom. The van der Waals surface area contributed by atoms with Gasteiger partial charge in [-0.2, -0.15) is 0 Å². The van der Waals surface area contributed by atoms with Gasteiger partial charge in [0.1, 0.15) is 12.2 Å². The van der Waals surface area contributed by atoms with E-state index in [1.807, 2.05) is 0 Å². The Labute approximate surface area is 391 Å². The highest BCUT2D eigenvalue weighted by Gasteiger charge is 2.41. The van der Waals surface area contributed by atoms with Crippen molar-refractivity contribution in [2.45, 2.75) is 283 Å². The molecule has 0 N–H and O–H groups in total. The number of likely N-dealkylation sites (tertiary alicyclic amines) is 1. The first-order valence-corrected chi connectivity index (χ1v) is 28.6. The van der Waals surface area contributed by atoms with Crippen LogP contribution in [0.5, 0.6) is 0 Å². The van der Waals surface area contributed by atoms with Crippen LogP contribution in [-0.2, 0) is 19.1 Å². The van der Waals surface area contributed by atoms with E-state index in [1.54, 1.807) is 0 Å². The van der Waals surface area contributed by atoms with Crippen LogP contribution in [0.15, 0.2) is 12.2 Å². The van der Waals surface area contributed by atoms with Crippen molar-refractivity contribution in [3.05, 3.63) is 12.2 Å². The molecule has 366 valence electrons. The van der Waals surface area contributed by atoms with Gasteiger partial charge in [-0.05, 0) is 120 Å². The van der Waals surface area contributed by atoms with E-state index in [0.29, 0.717) is 6.42 Å². The Balaban J connectivity index is 1.13. The number of hydrogen-bond donors (Lipinski definition) is 0. The van der Waals surface area contributed by atoms with E-state index in [-0.39, 0.29) is 41.9 Å². The molecule has 0 aromatic carbocycles. The van der Waals surface area contributed by atoms with Gasteiger partial charge in [-0.25, -0.2) is 0 Å². The molecular formula is C58H105NO4. The molecule has 63 heavy (non-hydrogen) atoms. The molecule has 1 saturated heterocycles. The van der Waals surface area contributed by atoms with Gasteiger partial charge in [-0.1, -0.05) is 200 Å². The van der Waals surface area contributed by atoms with Crippen LogP contribution in [0.2, 0.25) is 0 Å². The molecule has 4 rings (SSSR count). The third-order valence-electron chi connectivity index (χ3n) is 16.4. The van der Waals surface area contributed by atoms with Crippen molar-refractivity contribution in [1.29, 1.82) is 0 Å². The third-order valence-corrected chi connectivity index (χ3v) is 16.4. The Morgan fingerprint density at radius 2 is 1.05 bits per heavy atom. The number of unbranched alkanes of at least 4 members (excludes halogenated alkanes) is 20. The molecule has 4 aliphatic rings. The molecule has 1 heterocycles. The van der Waals surface area contributed by atoms with Gasteiger partial charge < -0.3 is 14.4 Å². The number of piperidine rings is 1. The van der Waals surface area contributed by atoms with Crippen molar-refractivity contribution in [2.75, 3.05) is 20.1 Å². The summed E-state index contributed by atoms with van der Waals surface area (Å²) in [6, 6.07) is 0. The normalized spacial score (nSPS) is 26.3. The number of allylic oxidation sites excluding steroid dienone is 2. The highest BCUT2D eigenvalue weighted by atomic mass is 16.5. The number of ether oxygens (including phenoxy) is 2. The average Bonchev–Trinajstić information content (AvgIpc) is 4.19. The number of carbonyl (C=O) groups excluding carboxylic acids is 2. The SMILES string of the molecule is CC/C=C\CC1C(CC(=O)OC(CCCCCCCCC2CC2CCCCCCCC)CCCCCCCCC2CC2CCCCCCCC)CC[C@@H]1OC(=O)C1CCCN(C)C1. The predicted octanol–water partition coefficient (Wildman–Crippen LogP) is 16.9. The van der Waals surface area contributed by atoms with E-state index in [0.717, 1.165) is 88.1 Å². The fourth-order valence-corrected chi connectivity index (χ4v) is 12.0. The monoisotopic (exact) mass is 880 g/mol. The van der Waals surface area contributed by atoms with Gasteiger partial charge >= 0.3 is 11.9 Å². The zero-order valence-electron chi connectivity index (χ0n) is 42.4. The van der Waals surface area contributed by atoms with Gasteiger partial charge in [-0.15, -0.1) is 0 Å². The van der Waals surface area contributed by atoms with Crippen LogP contribution < -0.4 is 0 Å². The van der Waals surface area contributed by atoms with Crippen LogP contribution in [-0.4, -0.2) is 49.2 Å². The summed E-state index contributed by atoms with van der Waals surface area (Å²) in [6.07, 6.45) is 54.5. The first kappa shape index (κ1) is 54.2. The lowest BCUT2D eigenvalue weighted by atomic mass is 9.88. The van der Waals surface area contributed by atoms with Crippen molar-refractivity contribution in [2.24, 2.45) is 41.4 Å². The summed E-state index contributed by atoms with van der Waals surface area (Å²) in [7, 11) is 2.10. The quantitative estimate of drug-likeness (QED) is 0.0349. The molecule has 0 amide bonds. The lowest BCUT2D eigenvalue weighted by Gasteiger charge is -2.30. The molecule has 1 aliphatic heterocycles. The minimum atomic E-state index is -0.0912. The molecule has 4 fully saturated rings. The summed E-state index contributed by atoms with van der Waals surface area (Å²) >= 11 is 0. The molecule has 0 bridgehead atoms. The fraction of sp³-hybridized carbons (Fsp3) is 0.931. The van der Waals surface area contributed by atoms with E-state index in [1.165, 1.54) is 193 Å². The lowest BCUT2D eigenvalue weighted by molar-refractivity contribution is -0.158. The Morgan fingerprint density at radius 3 is 1.52 bits per heavy atom. The molecule has 0 aromatic rings. The second-order valence-corrected chi connectivity index (χ2v) is 22.0. The Bertz CT molecular complexity index is 1140. The summed E-state index contributed by atoms with van der Waals surface area (Å²) < 4.78 is 12.7. The number of esters is 2. The maximum atomic E-state index is 13.7. The highest BCUT2D eigenvalue weighted by molar-refractivity contribution is 5.73. The summed E-state index contributed by atoms with van der Waals surface area (Å²) in [5.41, 5.74) is 0. The van der Waals surface area contributed by atoms with Crippen LogP contribution in [0.25, 0.3) is 0 Å². The van der Waals surface area contributed by atoms with Crippen molar-refractivity contribution >= 4 is 11.9 Å². The molecule has 0 spiro atoms. The average molecular weight is 880 g/mol. The van der Waals surface area contributed by atoms with Crippen LogP contribution in [0.4, 0.5) is 0 Å². The standard InChI is InChI=1S/C58H105NO4/c1-5-8-11-13-19-26-33-48-44-50(48)35-28-21-15-17-23-30-38-54(39-31-24-18-16-22-29-36-51-45-49(51)34-27-20-14-12-9-6-2)62-57(60)46-52-41-42-56(55(52)40-25-10-7-3)63-58(61)53-37-32-43-59(4)47-53/h10,25,48-56H,5-9,11-24,26-47H2,1-4H3/b25-10-/t48?,49?,50?,51?,52?,53?,54?,55?,56-/m0/s1. The van der Waals surface area contributed by atoms with Gasteiger partial charge in [0.15, 0.2) is 0 Å². The zero-order valence-corrected chi connectivity index (χ0v) is 42.4. The van der Waals surface area contributed by atoms with Gasteiger partial charge in [0.05, 0.1) is 5.92 Å². The number of carbonyl (C=O) groups is 2. The van der Waals surface area contributed by atoms with Crippen LogP contribution in [0.1, 0.15) is 271 Å². The number of rotatable bonds is 40. The second kappa shape index (κ2) is 34.0. The molecular weight excluding hydrogens is 775 g/mol. The summed E-state index contributed by atoms with van der Waals surface area (Å²) in [5, 5.41) is 0. The molecule has 3 saturated carbocycles. The number of hydrogen-bond acceptors (Lipinski definition) is 5. The maximum absolute atomic E-state index is 13.7. The molecule has 5 nitrogen and oxygen atoms in total. The topological polar surface area (TPSA) is 55.8 Å². The van der Waals surface area contributed by atoms with E-state index in [9.17, 15) is 9.59 Å². The van der Waals surface area contributed by atoms with E-state index in [2.05, 4.69) is 44.9 Å². The van der Waals surface area contributed by atoms with Crippen molar-refractivity contribution in [1.82, 2.24) is 4.90 Å². The Kier molecular flexibility index (Phi) is 29.3. The van der Waals surface area contributed by atoms with Crippen molar-refractivity contribution < 1.29 is 19.1 Å². The molecule has 3 aliphatic carbocycles. The minimum absolute atomic E-state index is 0.0138. The highest BCUT2D eigenvalue weighted by Crippen LogP contribution is 2.47. The molecule has 0 aromatic heterocycles. The molecule has 5 heteroatoms. The minimum Gasteiger partial charge on any atom is -0.462 e. The van der Waals surface area contributed by atoms with Gasteiger partial charge in [0, 0.05) is 18.9 Å². The fourth-order valence-electron chi connectivity index (χ4n) is 12.0. The summed E-state index contributed by atoms with van der Waals surface area (Å²) in [6.45, 7) is 8.64. The maximum Gasteiger partial charge on any atom is 0.310 e. The zero-order chi connectivity index (χ0) is 44.7. The van der Waals surface area contributed by atoms with Crippen LogP contribution in [0, 0.1) is 41.4 Å². The van der Waals surface area contributed by atoms with E-state index < -0.39 is 0 Å². The predicted molar refractivity (Wildman–Crippen MR) is 268 cm³/mol. The van der Waals surface area contributed by atoms with Crippen LogP contribution in [0.3, 0.4) is 0 Å². The van der Waals surface area contributed by atoms with Crippen molar-refractivity contribution in [3.63, 3.8) is 0 Å².